The van der Waals surface area contributed by atoms with E-state index in [1.165, 1.54) is 30.3 Å². The number of non-ortho nitro benzene ring substituents is 1. The topological polar surface area (TPSA) is 161 Å². The number of hydrogen-bond donors (Lipinski definition) is 4. The molecular weight excluding hydrogens is 402 g/mol. The highest BCUT2D eigenvalue weighted by Crippen LogP contribution is 2.37. The zero-order valence-corrected chi connectivity index (χ0v) is 15.7. The van der Waals surface area contributed by atoms with Gasteiger partial charge in [0.05, 0.1) is 16.2 Å². The molecule has 150 valence electrons. The number of nitro benzene ring substituents is 1. The lowest BCUT2D eigenvalue weighted by Crippen LogP contribution is -3.00. The molecule has 2 heterocycles. The third-order valence-corrected chi connectivity index (χ3v) is 4.29. The highest BCUT2D eigenvalue weighted by atomic mass is 35.5. The number of nitro groups is 1. The van der Waals surface area contributed by atoms with Crippen molar-refractivity contribution < 1.29 is 38.1 Å². The lowest BCUT2D eigenvalue weighted by atomic mass is 10.0. The van der Waals surface area contributed by atoms with Crippen LogP contribution < -0.4 is 18.1 Å². The van der Waals surface area contributed by atoms with Crippen molar-refractivity contribution in [2.24, 2.45) is 10.1 Å². The number of quaternary nitrogens is 1. The van der Waals surface area contributed by atoms with Crippen LogP contribution in [0.15, 0.2) is 46.5 Å². The Morgan fingerprint density at radius 3 is 2.76 bits per heavy atom. The van der Waals surface area contributed by atoms with Crippen LogP contribution in [0.5, 0.6) is 11.6 Å². The minimum absolute atomic E-state index is 0. The molecule has 10 nitrogen and oxygen atoms in total. The number of H-pyrrole nitrogens is 1. The number of oxime groups is 1. The number of aromatic amines is 1. The average Bonchev–Trinajstić information content (AvgIpc) is 3.17. The number of hydrogen-bond acceptors (Lipinski definition) is 7. The molecule has 4 rings (SSSR count). The van der Waals surface area contributed by atoms with Crippen molar-refractivity contribution in [3.05, 3.63) is 57.6 Å². The molecule has 0 fully saturated rings. The quantitative estimate of drug-likeness (QED) is 0.227. The number of rotatable bonds is 5. The number of aromatic hydroxyl groups is 2. The van der Waals surface area contributed by atoms with Crippen LogP contribution in [0.4, 0.5) is 11.4 Å². The van der Waals surface area contributed by atoms with Gasteiger partial charge in [-0.15, -0.1) is 0 Å². The van der Waals surface area contributed by atoms with Gasteiger partial charge in [0.1, 0.15) is 23.7 Å². The lowest BCUT2D eigenvalue weighted by molar-refractivity contribution is -0.384. The van der Waals surface area contributed by atoms with Gasteiger partial charge in [-0.2, -0.15) is 0 Å². The molecule has 1 aliphatic heterocycles. The van der Waals surface area contributed by atoms with Gasteiger partial charge >= 0.3 is 0 Å². The van der Waals surface area contributed by atoms with Gasteiger partial charge in [0.2, 0.25) is 0 Å². The molecule has 0 amide bonds. The lowest BCUT2D eigenvalue weighted by Gasteiger charge is -2.05. The van der Waals surface area contributed by atoms with Crippen LogP contribution in [0.3, 0.4) is 0 Å². The van der Waals surface area contributed by atoms with Crippen molar-refractivity contribution >= 4 is 33.7 Å². The first-order valence-corrected chi connectivity index (χ1v) is 8.40. The molecule has 2 aromatic carbocycles. The molecule has 29 heavy (non-hydrogen) atoms. The predicted molar refractivity (Wildman–Crippen MR) is 101 cm³/mol. The molecule has 3 aromatic rings. The van der Waals surface area contributed by atoms with Gasteiger partial charge in [0.15, 0.2) is 12.5 Å². The molecule has 6 N–H and O–H groups in total. The summed E-state index contributed by atoms with van der Waals surface area (Å²) < 4.78 is 0. The Bertz CT molecular complexity index is 1170. The average molecular weight is 418 g/mol. The summed E-state index contributed by atoms with van der Waals surface area (Å²) in [5.74, 6) is -0.171. The number of phenolic OH excluding ortho intramolecular Hbond substituents is 1. The van der Waals surface area contributed by atoms with Crippen LogP contribution in [0.1, 0.15) is 11.1 Å². The number of aliphatic imine (C=N–C) groups is 1. The van der Waals surface area contributed by atoms with E-state index in [2.05, 4.69) is 20.9 Å². The zero-order valence-electron chi connectivity index (χ0n) is 14.9. The molecule has 0 aliphatic carbocycles. The van der Waals surface area contributed by atoms with E-state index in [1.807, 2.05) is 0 Å². The minimum atomic E-state index is -0.511. The van der Waals surface area contributed by atoms with E-state index in [0.29, 0.717) is 34.4 Å². The first-order valence-electron chi connectivity index (χ1n) is 8.40. The summed E-state index contributed by atoms with van der Waals surface area (Å²) in [6.07, 6.45) is 0. The Morgan fingerprint density at radius 2 is 2.03 bits per heavy atom. The highest BCUT2D eigenvalue weighted by molar-refractivity contribution is 6.58. The van der Waals surface area contributed by atoms with Gasteiger partial charge < -0.3 is 38.2 Å². The highest BCUT2D eigenvalue weighted by Gasteiger charge is 2.30. The fraction of sp³-hybridized carbons (Fsp3) is 0.111. The molecule has 0 saturated carbocycles. The van der Waals surface area contributed by atoms with Gasteiger partial charge in [-0.05, 0) is 24.3 Å². The summed E-state index contributed by atoms with van der Waals surface area (Å²) in [5.41, 5.74) is 6.00. The number of aromatic nitrogens is 1. The number of nitrogens with one attached hydrogen (secondary N) is 1. The number of benzene rings is 2. The molecule has 0 spiro atoms. The molecule has 1 aromatic heterocycles. The van der Waals surface area contributed by atoms with Crippen molar-refractivity contribution in [1.29, 1.82) is 0 Å². The van der Waals surface area contributed by atoms with Crippen molar-refractivity contribution in [3.63, 3.8) is 0 Å². The largest absolute Gasteiger partial charge is 1.00 e. The summed E-state index contributed by atoms with van der Waals surface area (Å²) in [4.78, 5) is 23.2. The summed E-state index contributed by atoms with van der Waals surface area (Å²) >= 11 is 0. The Balaban J connectivity index is 0.00000240. The first kappa shape index (κ1) is 20.1. The van der Waals surface area contributed by atoms with Crippen molar-refractivity contribution in [2.45, 2.75) is 0 Å². The van der Waals surface area contributed by atoms with Gasteiger partial charge in [0.25, 0.3) is 5.69 Å². The first-order chi connectivity index (χ1) is 13.5. The van der Waals surface area contributed by atoms with Gasteiger partial charge in [-0.3, -0.25) is 10.1 Å². The van der Waals surface area contributed by atoms with Crippen LogP contribution in [0.2, 0.25) is 0 Å². The fourth-order valence-corrected chi connectivity index (χ4v) is 3.07. The predicted octanol–water partition coefficient (Wildman–Crippen LogP) is -1.41. The number of fused-ring (bicyclic) bond motifs is 2. The van der Waals surface area contributed by atoms with Crippen LogP contribution in [-0.4, -0.2) is 44.7 Å². The normalized spacial score (nSPS) is 13.8. The zero-order chi connectivity index (χ0) is 19.8. The Morgan fingerprint density at radius 1 is 1.24 bits per heavy atom. The maximum atomic E-state index is 11.2. The second-order valence-electron chi connectivity index (χ2n) is 6.12. The van der Waals surface area contributed by atoms with Crippen molar-refractivity contribution in [2.75, 3.05) is 13.2 Å². The summed E-state index contributed by atoms with van der Waals surface area (Å²) in [7, 11) is 0. The van der Waals surface area contributed by atoms with Crippen LogP contribution in [-0.2, 0) is 4.84 Å². The van der Waals surface area contributed by atoms with Gasteiger partial charge in [-0.25, -0.2) is 4.99 Å². The van der Waals surface area contributed by atoms with Crippen LogP contribution >= 0.6 is 0 Å². The molecule has 1 aliphatic rings. The molecule has 11 heteroatoms. The molecule has 0 unspecified atom stereocenters. The maximum Gasteiger partial charge on any atom is 0.270 e. The van der Waals surface area contributed by atoms with Gasteiger partial charge in [0, 0.05) is 28.6 Å². The standard InChI is InChI=1S/C18H15N5O5.ClH/c19-5-6-28-22-16-12-8-10(24)2-4-14(12)20-17(16)15-11-7-9(23(26)27)1-3-13(11)21-18(15)25;/h1-4,7-8,21,24-25H,5-6,19H2;1H/b22-16+;. The molecule has 0 radical (unpaired) electrons. The summed E-state index contributed by atoms with van der Waals surface area (Å²) in [6.45, 7) is 0.775. The van der Waals surface area contributed by atoms with E-state index in [0.717, 1.165) is 0 Å². The number of halogens is 1. The number of nitrogens with zero attached hydrogens (tertiary/aromatic N) is 3. The van der Waals surface area contributed by atoms with E-state index in [-0.39, 0.29) is 47.6 Å². The Kier molecular flexibility index (Phi) is 5.39. The van der Waals surface area contributed by atoms with E-state index in [4.69, 9.17) is 4.84 Å². The molecule has 0 saturated heterocycles. The van der Waals surface area contributed by atoms with Gasteiger partial charge in [-0.1, -0.05) is 5.16 Å². The van der Waals surface area contributed by atoms with E-state index in [1.54, 1.807) is 6.07 Å². The Hall–Kier alpha value is -3.63. The van der Waals surface area contributed by atoms with E-state index < -0.39 is 4.92 Å². The smallest absolute Gasteiger partial charge is 0.270 e. The molecular formula is C18H16ClN5O5. The number of phenols is 1. The summed E-state index contributed by atoms with van der Waals surface area (Å²) in [5, 5.41) is 36.0. The van der Waals surface area contributed by atoms with Crippen molar-refractivity contribution in [3.8, 4) is 11.6 Å². The van der Waals surface area contributed by atoms with E-state index >= 15 is 0 Å². The molecule has 0 bridgehead atoms. The monoisotopic (exact) mass is 417 g/mol. The maximum absolute atomic E-state index is 11.2. The third-order valence-electron chi connectivity index (χ3n) is 4.29. The minimum Gasteiger partial charge on any atom is -1.00 e. The van der Waals surface area contributed by atoms with Crippen LogP contribution in [0.25, 0.3) is 10.9 Å². The molecule has 0 atom stereocenters. The third kappa shape index (κ3) is 3.46. The Labute approximate surface area is 169 Å². The summed E-state index contributed by atoms with van der Waals surface area (Å²) in [6, 6.07) is 8.81. The fourth-order valence-electron chi connectivity index (χ4n) is 3.07. The second kappa shape index (κ2) is 7.78. The van der Waals surface area contributed by atoms with Crippen LogP contribution in [0, 0.1) is 10.1 Å². The second-order valence-corrected chi connectivity index (χ2v) is 6.12. The van der Waals surface area contributed by atoms with Crippen molar-refractivity contribution in [1.82, 2.24) is 4.98 Å². The SMILES string of the molecule is [Cl-].[NH3+]CCO/N=C1/C(c2c(O)[nH]c3ccc([N+](=O)[O-])cc23)=Nc2ccc(O)cc21. The van der Waals surface area contributed by atoms with E-state index in [9.17, 15) is 20.3 Å².